The van der Waals surface area contributed by atoms with Crippen LogP contribution in [0.5, 0.6) is 5.75 Å². The molecular formula is C19H27NO3. The van der Waals surface area contributed by atoms with Crippen molar-refractivity contribution in [1.29, 1.82) is 0 Å². The Kier molecular flexibility index (Phi) is 4.37. The summed E-state index contributed by atoms with van der Waals surface area (Å²) in [4.78, 5) is 14.4. The van der Waals surface area contributed by atoms with Gasteiger partial charge >= 0.3 is 0 Å². The fourth-order valence-electron chi connectivity index (χ4n) is 3.75. The predicted octanol–water partition coefficient (Wildman–Crippen LogP) is 2.56. The van der Waals surface area contributed by atoms with Gasteiger partial charge in [0.05, 0.1) is 12.7 Å². The van der Waals surface area contributed by atoms with E-state index in [4.69, 9.17) is 4.74 Å². The van der Waals surface area contributed by atoms with Gasteiger partial charge in [0.25, 0.3) is 0 Å². The van der Waals surface area contributed by atoms with E-state index in [2.05, 4.69) is 13.0 Å². The van der Waals surface area contributed by atoms with E-state index >= 15 is 0 Å². The first kappa shape index (κ1) is 16.3. The SMILES string of the molecule is COc1cc(CCC(=O)N2CC(C)C(O)(C3CC3)C2)ccc1C. The van der Waals surface area contributed by atoms with Crippen molar-refractivity contribution in [1.82, 2.24) is 4.90 Å². The summed E-state index contributed by atoms with van der Waals surface area (Å²) in [7, 11) is 1.67. The van der Waals surface area contributed by atoms with Crippen LogP contribution in [0, 0.1) is 18.8 Å². The Hall–Kier alpha value is -1.55. The maximum Gasteiger partial charge on any atom is 0.223 e. The normalized spacial score (nSPS) is 27.3. The molecule has 1 aromatic carbocycles. The summed E-state index contributed by atoms with van der Waals surface area (Å²) in [6.45, 7) is 5.27. The largest absolute Gasteiger partial charge is 0.496 e. The molecule has 0 aromatic heterocycles. The number of aliphatic hydroxyl groups is 1. The van der Waals surface area contributed by atoms with Gasteiger partial charge in [-0.15, -0.1) is 0 Å². The molecule has 0 spiro atoms. The van der Waals surface area contributed by atoms with Crippen molar-refractivity contribution in [2.24, 2.45) is 11.8 Å². The van der Waals surface area contributed by atoms with E-state index < -0.39 is 5.60 Å². The first-order valence-corrected chi connectivity index (χ1v) is 8.57. The first-order valence-electron chi connectivity index (χ1n) is 8.57. The third kappa shape index (κ3) is 3.23. The van der Waals surface area contributed by atoms with E-state index in [0.717, 1.165) is 29.7 Å². The lowest BCUT2D eigenvalue weighted by Gasteiger charge is -2.26. The van der Waals surface area contributed by atoms with Gasteiger partial charge in [-0.3, -0.25) is 4.79 Å². The number of hydrogen-bond donors (Lipinski definition) is 1. The number of likely N-dealkylation sites (tertiary alicyclic amines) is 1. The Labute approximate surface area is 138 Å². The Morgan fingerprint density at radius 3 is 2.83 bits per heavy atom. The summed E-state index contributed by atoms with van der Waals surface area (Å²) in [5.41, 5.74) is 1.57. The molecule has 3 rings (SSSR count). The molecule has 1 saturated carbocycles. The molecule has 2 unspecified atom stereocenters. The van der Waals surface area contributed by atoms with Gasteiger partial charge in [-0.1, -0.05) is 19.1 Å². The average Bonchev–Trinajstić information content (AvgIpc) is 3.34. The average molecular weight is 317 g/mol. The van der Waals surface area contributed by atoms with Crippen molar-refractivity contribution < 1.29 is 14.6 Å². The first-order chi connectivity index (χ1) is 10.9. The van der Waals surface area contributed by atoms with Crippen LogP contribution in [0.15, 0.2) is 18.2 Å². The second-order valence-corrected chi connectivity index (χ2v) is 7.24. The van der Waals surface area contributed by atoms with Crippen LogP contribution < -0.4 is 4.74 Å². The number of hydrogen-bond acceptors (Lipinski definition) is 3. The fraction of sp³-hybridized carbons (Fsp3) is 0.632. The molecule has 2 atom stereocenters. The lowest BCUT2D eigenvalue weighted by Crippen LogP contribution is -2.40. The number of carbonyl (C=O) groups is 1. The van der Waals surface area contributed by atoms with Crippen LogP contribution >= 0.6 is 0 Å². The highest BCUT2D eigenvalue weighted by Crippen LogP contribution is 2.47. The Morgan fingerprint density at radius 1 is 1.43 bits per heavy atom. The van der Waals surface area contributed by atoms with E-state index in [1.807, 2.05) is 24.0 Å². The number of nitrogens with zero attached hydrogens (tertiary/aromatic N) is 1. The number of aryl methyl sites for hydroxylation is 2. The van der Waals surface area contributed by atoms with Gasteiger partial charge in [-0.25, -0.2) is 0 Å². The van der Waals surface area contributed by atoms with Crippen LogP contribution in [-0.4, -0.2) is 41.7 Å². The minimum Gasteiger partial charge on any atom is -0.496 e. The molecule has 1 aliphatic heterocycles. The number of rotatable bonds is 5. The van der Waals surface area contributed by atoms with Gasteiger partial charge in [-0.05, 0) is 49.3 Å². The van der Waals surface area contributed by atoms with Crippen LogP contribution in [-0.2, 0) is 11.2 Å². The van der Waals surface area contributed by atoms with Crippen molar-refractivity contribution in [3.63, 3.8) is 0 Å². The zero-order valence-corrected chi connectivity index (χ0v) is 14.3. The minimum absolute atomic E-state index is 0.146. The molecule has 0 radical (unpaired) electrons. The highest BCUT2D eigenvalue weighted by atomic mass is 16.5. The van der Waals surface area contributed by atoms with Crippen LogP contribution in [0.25, 0.3) is 0 Å². The summed E-state index contributed by atoms with van der Waals surface area (Å²) in [6.07, 6.45) is 3.40. The summed E-state index contributed by atoms with van der Waals surface area (Å²) in [5.74, 6) is 1.59. The number of carbonyl (C=O) groups excluding carboxylic acids is 1. The standard InChI is InChI=1S/C19H27NO3/c1-13-4-5-15(10-17(13)23-3)6-9-18(21)20-11-14(2)19(22,12-20)16-7-8-16/h4-5,10,14,16,22H,6-9,11-12H2,1-3H3. The zero-order valence-electron chi connectivity index (χ0n) is 14.3. The highest BCUT2D eigenvalue weighted by molar-refractivity contribution is 5.77. The maximum atomic E-state index is 12.5. The molecule has 1 heterocycles. The van der Waals surface area contributed by atoms with Crippen LogP contribution in [0.2, 0.25) is 0 Å². The van der Waals surface area contributed by atoms with Gasteiger partial charge in [0, 0.05) is 25.4 Å². The molecule has 2 fully saturated rings. The van der Waals surface area contributed by atoms with Crippen LogP contribution in [0.1, 0.15) is 37.3 Å². The van der Waals surface area contributed by atoms with Gasteiger partial charge in [0.1, 0.15) is 5.75 Å². The molecule has 126 valence electrons. The molecule has 0 bridgehead atoms. The minimum atomic E-state index is -0.650. The van der Waals surface area contributed by atoms with Crippen LogP contribution in [0.3, 0.4) is 0 Å². The number of amides is 1. The monoisotopic (exact) mass is 317 g/mol. The van der Waals surface area contributed by atoms with Crippen molar-refractivity contribution in [3.05, 3.63) is 29.3 Å². The summed E-state index contributed by atoms with van der Waals surface area (Å²) in [6, 6.07) is 6.09. The second kappa shape index (κ2) is 6.16. The number of β-amino-alcohol motifs (C(OH)–C–C–N with tert-alkyl or cyclic N) is 1. The summed E-state index contributed by atoms with van der Waals surface area (Å²) >= 11 is 0. The zero-order chi connectivity index (χ0) is 16.6. The van der Waals surface area contributed by atoms with E-state index in [1.165, 1.54) is 0 Å². The second-order valence-electron chi connectivity index (χ2n) is 7.24. The lowest BCUT2D eigenvalue weighted by atomic mass is 9.88. The summed E-state index contributed by atoms with van der Waals surface area (Å²) in [5, 5.41) is 10.8. The van der Waals surface area contributed by atoms with E-state index in [9.17, 15) is 9.90 Å². The molecule has 1 N–H and O–H groups in total. The number of methoxy groups -OCH3 is 1. The van der Waals surface area contributed by atoms with Crippen molar-refractivity contribution in [3.8, 4) is 5.75 Å². The Morgan fingerprint density at radius 2 is 2.17 bits per heavy atom. The van der Waals surface area contributed by atoms with E-state index in [-0.39, 0.29) is 11.8 Å². The third-order valence-electron chi connectivity index (χ3n) is 5.53. The Balaban J connectivity index is 1.58. The van der Waals surface area contributed by atoms with Gasteiger partial charge in [0.15, 0.2) is 0 Å². The van der Waals surface area contributed by atoms with Crippen LogP contribution in [0.4, 0.5) is 0 Å². The van der Waals surface area contributed by atoms with Gasteiger partial charge in [0.2, 0.25) is 5.91 Å². The smallest absolute Gasteiger partial charge is 0.223 e. The number of ether oxygens (including phenoxy) is 1. The maximum absolute atomic E-state index is 12.5. The fourth-order valence-corrected chi connectivity index (χ4v) is 3.75. The third-order valence-corrected chi connectivity index (χ3v) is 5.53. The molecule has 1 aliphatic carbocycles. The highest BCUT2D eigenvalue weighted by Gasteiger charge is 2.53. The van der Waals surface area contributed by atoms with Gasteiger partial charge in [-0.2, -0.15) is 0 Å². The molecule has 4 nitrogen and oxygen atoms in total. The van der Waals surface area contributed by atoms with Crippen molar-refractivity contribution >= 4 is 5.91 Å². The molecule has 1 amide bonds. The number of benzene rings is 1. The summed E-state index contributed by atoms with van der Waals surface area (Å²) < 4.78 is 5.34. The molecule has 1 saturated heterocycles. The molecule has 4 heteroatoms. The molecule has 23 heavy (non-hydrogen) atoms. The predicted molar refractivity (Wildman–Crippen MR) is 89.5 cm³/mol. The quantitative estimate of drug-likeness (QED) is 0.908. The Bertz CT molecular complexity index is 596. The molecular weight excluding hydrogens is 290 g/mol. The molecule has 1 aromatic rings. The molecule has 2 aliphatic rings. The topological polar surface area (TPSA) is 49.8 Å². The van der Waals surface area contributed by atoms with Gasteiger partial charge < -0.3 is 14.7 Å². The lowest BCUT2D eigenvalue weighted by molar-refractivity contribution is -0.131. The van der Waals surface area contributed by atoms with Crippen molar-refractivity contribution in [2.75, 3.05) is 20.2 Å². The van der Waals surface area contributed by atoms with E-state index in [0.29, 0.717) is 31.8 Å². The van der Waals surface area contributed by atoms with Crippen molar-refractivity contribution in [2.45, 2.75) is 45.1 Å². The van der Waals surface area contributed by atoms with E-state index in [1.54, 1.807) is 7.11 Å².